The summed E-state index contributed by atoms with van der Waals surface area (Å²) in [4.78, 5) is 25.9. The van der Waals surface area contributed by atoms with E-state index in [2.05, 4.69) is 10.2 Å². The highest BCUT2D eigenvalue weighted by molar-refractivity contribution is 5.83. The summed E-state index contributed by atoms with van der Waals surface area (Å²) in [7, 11) is 1.67. The molecule has 1 N–H and O–H groups in total. The van der Waals surface area contributed by atoms with Gasteiger partial charge in [-0.3, -0.25) is 4.79 Å². The minimum absolute atomic E-state index is 0.116. The minimum Gasteiger partial charge on any atom is -0.392 e. The van der Waals surface area contributed by atoms with E-state index in [-0.39, 0.29) is 17.2 Å². The van der Waals surface area contributed by atoms with Gasteiger partial charge in [0.25, 0.3) is 0 Å². The molecule has 0 spiro atoms. The molecule has 2 heterocycles. The quantitative estimate of drug-likeness (QED) is 0.905. The molecular weight excluding hydrogens is 286 g/mol. The third-order valence-electron chi connectivity index (χ3n) is 5.02. The molecule has 7 heteroatoms. The van der Waals surface area contributed by atoms with E-state index in [1.807, 2.05) is 4.90 Å². The van der Waals surface area contributed by atoms with Crippen molar-refractivity contribution in [2.45, 2.75) is 44.4 Å². The predicted octanol–water partition coefficient (Wildman–Crippen LogP) is 1.28. The van der Waals surface area contributed by atoms with Gasteiger partial charge in [0, 0.05) is 26.1 Å². The van der Waals surface area contributed by atoms with E-state index >= 15 is 0 Å². The first-order chi connectivity index (χ1) is 10.6. The van der Waals surface area contributed by atoms with E-state index in [0.717, 1.165) is 38.5 Å². The zero-order valence-electron chi connectivity index (χ0n) is 13.0. The van der Waals surface area contributed by atoms with Gasteiger partial charge in [-0.1, -0.05) is 12.8 Å². The van der Waals surface area contributed by atoms with Crippen LogP contribution in [-0.2, 0) is 9.53 Å². The highest BCUT2D eigenvalue weighted by atomic mass is 16.5. The molecule has 22 heavy (non-hydrogen) atoms. The number of aromatic amines is 1. The zero-order valence-corrected chi connectivity index (χ0v) is 13.0. The number of nitrogens with zero attached hydrogens (tertiary/aromatic N) is 2. The van der Waals surface area contributed by atoms with E-state index in [1.165, 1.54) is 0 Å². The molecule has 0 atom stereocenters. The molecule has 122 valence electrons. The van der Waals surface area contributed by atoms with E-state index in [1.54, 1.807) is 7.11 Å². The van der Waals surface area contributed by atoms with Gasteiger partial charge in [-0.25, -0.2) is 9.89 Å². The van der Waals surface area contributed by atoms with Crippen LogP contribution >= 0.6 is 0 Å². The summed E-state index contributed by atoms with van der Waals surface area (Å²) in [6.07, 6.45) is 5.61. The number of hydrogen-bond donors (Lipinski definition) is 1. The van der Waals surface area contributed by atoms with Crippen molar-refractivity contribution in [3.05, 3.63) is 16.4 Å². The smallest absolute Gasteiger partial charge is 0.392 e. The minimum atomic E-state index is -0.515. The molecule has 0 unspecified atom stereocenters. The average Bonchev–Trinajstić information content (AvgIpc) is 3.17. The second-order valence-electron chi connectivity index (χ2n) is 6.44. The summed E-state index contributed by atoms with van der Waals surface area (Å²) in [6.45, 7) is 1.89. The van der Waals surface area contributed by atoms with Crippen molar-refractivity contribution in [3.63, 3.8) is 0 Å². The van der Waals surface area contributed by atoms with Crippen LogP contribution in [0.3, 0.4) is 0 Å². The first-order valence-electron chi connectivity index (χ1n) is 7.98. The lowest BCUT2D eigenvalue weighted by Crippen LogP contribution is -2.48. The summed E-state index contributed by atoms with van der Waals surface area (Å²) in [5.41, 5.74) is -0.319. The number of amides is 1. The van der Waals surface area contributed by atoms with E-state index in [0.29, 0.717) is 25.6 Å². The Kier molecular flexibility index (Phi) is 4.33. The molecule has 1 aromatic rings. The average molecular weight is 309 g/mol. The molecule has 2 aliphatic rings. The van der Waals surface area contributed by atoms with Crippen LogP contribution in [0.5, 0.6) is 0 Å². The van der Waals surface area contributed by atoms with Gasteiger partial charge in [0.15, 0.2) is 0 Å². The molecule has 0 bridgehead atoms. The van der Waals surface area contributed by atoms with Crippen LogP contribution in [0.1, 0.15) is 50.3 Å². The maximum absolute atomic E-state index is 12.9. The van der Waals surface area contributed by atoms with Crippen molar-refractivity contribution >= 4 is 5.91 Å². The Morgan fingerprint density at radius 1 is 1.41 bits per heavy atom. The normalized spacial score (nSPS) is 22.1. The second kappa shape index (κ2) is 6.24. The van der Waals surface area contributed by atoms with Crippen LogP contribution in [0, 0.1) is 5.41 Å². The Hall–Kier alpha value is -1.63. The molecule has 1 aliphatic carbocycles. The van der Waals surface area contributed by atoms with Crippen LogP contribution in [-0.4, -0.2) is 47.8 Å². The number of likely N-dealkylation sites (tertiary alicyclic amines) is 1. The Balaban J connectivity index is 1.63. The lowest BCUT2D eigenvalue weighted by Gasteiger charge is -2.37. The zero-order chi connectivity index (χ0) is 15.6. The molecule has 1 amide bonds. The van der Waals surface area contributed by atoms with Gasteiger partial charge >= 0.3 is 5.76 Å². The van der Waals surface area contributed by atoms with Crippen molar-refractivity contribution in [1.82, 2.24) is 15.1 Å². The molecule has 0 aromatic carbocycles. The van der Waals surface area contributed by atoms with Crippen LogP contribution in [0.25, 0.3) is 0 Å². The fourth-order valence-corrected chi connectivity index (χ4v) is 3.83. The summed E-state index contributed by atoms with van der Waals surface area (Å²) >= 11 is 0. The van der Waals surface area contributed by atoms with Crippen molar-refractivity contribution < 1.29 is 13.9 Å². The van der Waals surface area contributed by atoms with Gasteiger partial charge in [-0.2, -0.15) is 0 Å². The number of ether oxygens (including phenoxy) is 1. The van der Waals surface area contributed by atoms with E-state index in [9.17, 15) is 9.59 Å². The maximum Gasteiger partial charge on any atom is 0.434 e. The lowest BCUT2D eigenvalue weighted by atomic mass is 9.84. The van der Waals surface area contributed by atoms with E-state index in [4.69, 9.17) is 9.15 Å². The predicted molar refractivity (Wildman–Crippen MR) is 78.5 cm³/mol. The van der Waals surface area contributed by atoms with E-state index < -0.39 is 5.76 Å². The molecular formula is C15H23N3O4. The third-order valence-corrected chi connectivity index (χ3v) is 5.02. The topological polar surface area (TPSA) is 88.4 Å². The van der Waals surface area contributed by atoms with Crippen LogP contribution in [0.15, 0.2) is 9.21 Å². The standard InChI is InChI=1S/C15H23N3O4/c1-21-10-15(6-2-3-7-15)13(19)18-8-4-11(5-9-18)12-16-17-14(20)22-12/h11H,2-10H2,1H3,(H,17,20). The number of piperidine rings is 1. The third kappa shape index (κ3) is 2.82. The van der Waals surface area contributed by atoms with Crippen LogP contribution < -0.4 is 5.76 Å². The van der Waals surface area contributed by atoms with Gasteiger partial charge in [-0.15, -0.1) is 5.10 Å². The SMILES string of the molecule is COCC1(C(=O)N2CCC(c3n[nH]c(=O)o3)CC2)CCCC1. The van der Waals surface area contributed by atoms with Crippen molar-refractivity contribution in [3.8, 4) is 0 Å². The first kappa shape index (κ1) is 15.3. The molecule has 1 aromatic heterocycles. The Labute approximate surface area is 129 Å². The summed E-state index contributed by atoms with van der Waals surface area (Å²) in [5, 5.41) is 6.20. The van der Waals surface area contributed by atoms with Gasteiger partial charge < -0.3 is 14.1 Å². The molecule has 1 saturated heterocycles. The number of carbonyl (C=O) groups excluding carboxylic acids is 1. The fourth-order valence-electron chi connectivity index (χ4n) is 3.83. The Morgan fingerprint density at radius 2 is 2.09 bits per heavy atom. The first-order valence-corrected chi connectivity index (χ1v) is 7.98. The number of methoxy groups -OCH3 is 1. The van der Waals surface area contributed by atoms with Gasteiger partial charge in [0.1, 0.15) is 0 Å². The van der Waals surface area contributed by atoms with Gasteiger partial charge in [0.2, 0.25) is 11.8 Å². The number of aromatic nitrogens is 2. The second-order valence-corrected chi connectivity index (χ2v) is 6.44. The highest BCUT2D eigenvalue weighted by Crippen LogP contribution is 2.41. The highest BCUT2D eigenvalue weighted by Gasteiger charge is 2.44. The summed E-state index contributed by atoms with van der Waals surface area (Å²) in [5.74, 6) is 0.293. The number of rotatable bonds is 4. The Morgan fingerprint density at radius 3 is 2.64 bits per heavy atom. The summed E-state index contributed by atoms with van der Waals surface area (Å²) < 4.78 is 10.4. The Bertz CT molecular complexity index is 565. The number of H-pyrrole nitrogens is 1. The molecule has 7 nitrogen and oxygen atoms in total. The van der Waals surface area contributed by atoms with Crippen molar-refractivity contribution in [2.24, 2.45) is 5.41 Å². The lowest BCUT2D eigenvalue weighted by molar-refractivity contribution is -0.146. The molecule has 2 fully saturated rings. The molecule has 0 radical (unpaired) electrons. The van der Waals surface area contributed by atoms with Crippen LogP contribution in [0.2, 0.25) is 0 Å². The van der Waals surface area contributed by atoms with Crippen molar-refractivity contribution in [2.75, 3.05) is 26.8 Å². The molecule has 1 saturated carbocycles. The maximum atomic E-state index is 12.9. The van der Waals surface area contributed by atoms with Crippen molar-refractivity contribution in [1.29, 1.82) is 0 Å². The number of hydrogen-bond acceptors (Lipinski definition) is 5. The van der Waals surface area contributed by atoms with Crippen LogP contribution in [0.4, 0.5) is 0 Å². The van der Waals surface area contributed by atoms with Gasteiger partial charge in [0.05, 0.1) is 12.0 Å². The molecule has 1 aliphatic heterocycles. The fraction of sp³-hybridized carbons (Fsp3) is 0.800. The monoisotopic (exact) mass is 309 g/mol. The number of carbonyl (C=O) groups is 1. The molecule has 3 rings (SSSR count). The largest absolute Gasteiger partial charge is 0.434 e. The summed E-state index contributed by atoms with van der Waals surface area (Å²) in [6, 6.07) is 0. The van der Waals surface area contributed by atoms with Gasteiger partial charge in [-0.05, 0) is 25.7 Å². The number of nitrogens with one attached hydrogen (secondary N) is 1.